The van der Waals surface area contributed by atoms with E-state index < -0.39 is 0 Å². The second-order valence-electron chi connectivity index (χ2n) is 4.64. The van der Waals surface area contributed by atoms with Crippen LogP contribution < -0.4 is 0 Å². The zero-order valence-corrected chi connectivity index (χ0v) is 10.5. The molecule has 0 fully saturated rings. The van der Waals surface area contributed by atoms with Crippen molar-refractivity contribution in [3.63, 3.8) is 0 Å². The number of hydrogen-bond acceptors (Lipinski definition) is 3. The molecule has 0 aliphatic carbocycles. The van der Waals surface area contributed by atoms with Crippen molar-refractivity contribution in [3.8, 4) is 0 Å². The molecule has 0 radical (unpaired) electrons. The third kappa shape index (κ3) is 1.83. The predicted molar refractivity (Wildman–Crippen MR) is 68.8 cm³/mol. The van der Waals surface area contributed by atoms with E-state index in [1.165, 1.54) is 4.90 Å². The van der Waals surface area contributed by atoms with E-state index in [9.17, 15) is 9.59 Å². The average molecular weight is 255 g/mol. The van der Waals surface area contributed by atoms with Gasteiger partial charge in [0.05, 0.1) is 11.1 Å². The molecule has 1 aromatic heterocycles. The molecule has 5 nitrogen and oxygen atoms in total. The lowest BCUT2D eigenvalue weighted by molar-refractivity contribution is 0.0645. The number of imide groups is 1. The first-order chi connectivity index (χ1) is 9.18. The molecule has 3 rings (SSSR count). The number of benzene rings is 1. The lowest BCUT2D eigenvalue weighted by Gasteiger charge is -2.17. The zero-order valence-electron chi connectivity index (χ0n) is 10.5. The van der Waals surface area contributed by atoms with Gasteiger partial charge in [-0.2, -0.15) is 0 Å². The van der Waals surface area contributed by atoms with Crippen LogP contribution >= 0.6 is 0 Å². The Hall–Kier alpha value is -2.43. The smallest absolute Gasteiger partial charge is 0.261 e. The molecule has 1 unspecified atom stereocenters. The predicted octanol–water partition coefficient (Wildman–Crippen LogP) is 1.81. The summed E-state index contributed by atoms with van der Waals surface area (Å²) in [6.07, 6.45) is 3.39. The van der Waals surface area contributed by atoms with Crippen LogP contribution in [0.5, 0.6) is 0 Å². The van der Waals surface area contributed by atoms with Gasteiger partial charge in [0, 0.05) is 24.9 Å². The van der Waals surface area contributed by atoms with Gasteiger partial charge >= 0.3 is 0 Å². The van der Waals surface area contributed by atoms with Gasteiger partial charge in [0.15, 0.2) is 0 Å². The van der Waals surface area contributed by atoms with Crippen LogP contribution in [0.4, 0.5) is 0 Å². The highest BCUT2D eigenvalue weighted by molar-refractivity contribution is 6.21. The van der Waals surface area contributed by atoms with E-state index in [0.717, 1.165) is 5.82 Å². The molecule has 2 heterocycles. The number of aromatic nitrogens is 2. The lowest BCUT2D eigenvalue weighted by atomic mass is 10.1. The summed E-state index contributed by atoms with van der Waals surface area (Å²) in [5.41, 5.74) is 0.971. The van der Waals surface area contributed by atoms with Crippen LogP contribution in [0.25, 0.3) is 0 Å². The highest BCUT2D eigenvalue weighted by Gasteiger charge is 2.36. The molecule has 96 valence electrons. The number of nitrogens with zero attached hydrogens (tertiary/aromatic N) is 2. The van der Waals surface area contributed by atoms with Crippen LogP contribution in [0.1, 0.15) is 39.4 Å². The topological polar surface area (TPSA) is 66.1 Å². The standard InChI is InChI=1S/C14H13N3O2/c1-9(12-15-6-7-16-12)8-17-13(18)10-4-2-3-5-11(10)14(17)19/h2-7,9H,8H2,1H3,(H,15,16). The van der Waals surface area contributed by atoms with Crippen molar-refractivity contribution in [3.05, 3.63) is 53.6 Å². The third-order valence-corrected chi connectivity index (χ3v) is 3.32. The van der Waals surface area contributed by atoms with E-state index in [-0.39, 0.29) is 17.7 Å². The molecule has 1 atom stereocenters. The first-order valence-electron chi connectivity index (χ1n) is 6.13. The summed E-state index contributed by atoms with van der Waals surface area (Å²) in [6, 6.07) is 6.91. The van der Waals surface area contributed by atoms with Crippen molar-refractivity contribution >= 4 is 11.8 Å². The molecule has 0 spiro atoms. The quantitative estimate of drug-likeness (QED) is 0.850. The van der Waals surface area contributed by atoms with Crippen molar-refractivity contribution in [1.82, 2.24) is 14.9 Å². The SMILES string of the molecule is CC(CN1C(=O)c2ccccc2C1=O)c1ncc[nH]1. The number of aromatic amines is 1. The van der Waals surface area contributed by atoms with Gasteiger partial charge in [-0.1, -0.05) is 19.1 Å². The molecular weight excluding hydrogens is 242 g/mol. The molecule has 2 amide bonds. The summed E-state index contributed by atoms with van der Waals surface area (Å²) in [5, 5.41) is 0. The fourth-order valence-electron chi connectivity index (χ4n) is 2.31. The van der Waals surface area contributed by atoms with Crippen LogP contribution in [0, 0.1) is 0 Å². The minimum atomic E-state index is -0.223. The van der Waals surface area contributed by atoms with Gasteiger partial charge in [0.25, 0.3) is 11.8 Å². The van der Waals surface area contributed by atoms with E-state index in [2.05, 4.69) is 9.97 Å². The summed E-state index contributed by atoms with van der Waals surface area (Å²) < 4.78 is 0. The minimum absolute atomic E-state index is 0.0165. The summed E-state index contributed by atoms with van der Waals surface area (Å²) in [5.74, 6) is 0.312. The molecule has 1 aromatic carbocycles. The first-order valence-corrected chi connectivity index (χ1v) is 6.13. The van der Waals surface area contributed by atoms with Gasteiger partial charge < -0.3 is 4.98 Å². The molecule has 0 saturated heterocycles. The number of nitrogens with one attached hydrogen (secondary N) is 1. The number of H-pyrrole nitrogens is 1. The van der Waals surface area contributed by atoms with E-state index >= 15 is 0 Å². The Labute approximate surface area is 110 Å². The monoisotopic (exact) mass is 255 g/mol. The van der Waals surface area contributed by atoms with Crippen LogP contribution in [0.3, 0.4) is 0 Å². The fourth-order valence-corrected chi connectivity index (χ4v) is 2.31. The molecule has 1 aliphatic heterocycles. The molecule has 0 saturated carbocycles. The Morgan fingerprint density at radius 2 is 1.84 bits per heavy atom. The molecule has 5 heteroatoms. The molecule has 2 aromatic rings. The van der Waals surface area contributed by atoms with Crippen LogP contribution in [0.15, 0.2) is 36.7 Å². The Morgan fingerprint density at radius 3 is 2.37 bits per heavy atom. The fraction of sp³-hybridized carbons (Fsp3) is 0.214. The van der Waals surface area contributed by atoms with Crippen molar-refractivity contribution < 1.29 is 9.59 Å². The van der Waals surface area contributed by atoms with Gasteiger partial charge in [-0.3, -0.25) is 14.5 Å². The van der Waals surface area contributed by atoms with Crippen molar-refractivity contribution in [2.75, 3.05) is 6.54 Å². The van der Waals surface area contributed by atoms with Gasteiger partial charge in [-0.05, 0) is 12.1 Å². The molecule has 1 N–H and O–H groups in total. The second-order valence-corrected chi connectivity index (χ2v) is 4.64. The Bertz CT molecular complexity index is 599. The van der Waals surface area contributed by atoms with Gasteiger partial charge in [-0.25, -0.2) is 4.98 Å². The van der Waals surface area contributed by atoms with Crippen molar-refractivity contribution in [1.29, 1.82) is 0 Å². The maximum atomic E-state index is 12.2. The summed E-state index contributed by atoms with van der Waals surface area (Å²) >= 11 is 0. The molecule has 0 bridgehead atoms. The van der Waals surface area contributed by atoms with Gasteiger partial charge in [-0.15, -0.1) is 0 Å². The Kier molecular flexibility index (Phi) is 2.67. The number of imidazole rings is 1. The lowest BCUT2D eigenvalue weighted by Crippen LogP contribution is -2.33. The zero-order chi connectivity index (χ0) is 13.4. The summed E-state index contributed by atoms with van der Waals surface area (Å²) in [6.45, 7) is 2.27. The van der Waals surface area contributed by atoms with Crippen molar-refractivity contribution in [2.24, 2.45) is 0 Å². The van der Waals surface area contributed by atoms with Gasteiger partial charge in [0.1, 0.15) is 5.82 Å². The Balaban J connectivity index is 1.85. The number of rotatable bonds is 3. The normalized spacial score (nSPS) is 15.7. The van der Waals surface area contributed by atoms with Crippen LogP contribution in [-0.4, -0.2) is 33.2 Å². The van der Waals surface area contributed by atoms with E-state index in [0.29, 0.717) is 17.7 Å². The highest BCUT2D eigenvalue weighted by Crippen LogP contribution is 2.24. The van der Waals surface area contributed by atoms with Crippen LogP contribution in [0.2, 0.25) is 0 Å². The number of carbonyl (C=O) groups excluding carboxylic acids is 2. The largest absolute Gasteiger partial charge is 0.348 e. The maximum Gasteiger partial charge on any atom is 0.261 e. The number of fused-ring (bicyclic) bond motifs is 1. The molecular formula is C14H13N3O2. The van der Waals surface area contributed by atoms with Crippen molar-refractivity contribution in [2.45, 2.75) is 12.8 Å². The van der Waals surface area contributed by atoms with E-state index in [1.807, 2.05) is 6.92 Å². The number of hydrogen-bond donors (Lipinski definition) is 1. The number of carbonyl (C=O) groups is 2. The summed E-state index contributed by atoms with van der Waals surface area (Å²) in [7, 11) is 0. The molecule has 1 aliphatic rings. The van der Waals surface area contributed by atoms with Crippen LogP contribution in [-0.2, 0) is 0 Å². The third-order valence-electron chi connectivity index (χ3n) is 3.32. The maximum absolute atomic E-state index is 12.2. The second kappa shape index (κ2) is 4.35. The molecule has 19 heavy (non-hydrogen) atoms. The Morgan fingerprint density at radius 1 is 1.21 bits per heavy atom. The van der Waals surface area contributed by atoms with Gasteiger partial charge in [0.2, 0.25) is 0 Å². The summed E-state index contributed by atoms with van der Waals surface area (Å²) in [4.78, 5) is 32.8. The highest BCUT2D eigenvalue weighted by atomic mass is 16.2. The minimum Gasteiger partial charge on any atom is -0.348 e. The average Bonchev–Trinajstić information content (AvgIpc) is 3.03. The van der Waals surface area contributed by atoms with E-state index in [1.54, 1.807) is 36.7 Å². The van der Waals surface area contributed by atoms with E-state index in [4.69, 9.17) is 0 Å². The first kappa shape index (κ1) is 11.6. The number of amides is 2.